The van der Waals surface area contributed by atoms with Crippen LogP contribution in [0.5, 0.6) is 0 Å². The van der Waals surface area contributed by atoms with Gasteiger partial charge in [-0.05, 0) is 13.0 Å². The first-order chi connectivity index (χ1) is 10.0. The Morgan fingerprint density at radius 1 is 1.29 bits per heavy atom. The normalized spacial score (nSPS) is 11.0. The average Bonchev–Trinajstić information content (AvgIpc) is 2.77. The minimum atomic E-state index is -0.889. The Morgan fingerprint density at radius 3 is 2.67 bits per heavy atom. The first-order valence-electron chi connectivity index (χ1n) is 6.50. The molecule has 3 rings (SSSR count). The smallest absolute Gasteiger partial charge is 0.309 e. The zero-order chi connectivity index (χ0) is 15.0. The molecule has 0 aliphatic heterocycles. The number of aryl methyl sites for hydroxylation is 1. The van der Waals surface area contributed by atoms with Crippen molar-refractivity contribution >= 4 is 23.2 Å². The summed E-state index contributed by atoms with van der Waals surface area (Å²) in [5.41, 5.74) is 4.02. The minimum Gasteiger partial charge on any atom is -0.481 e. The molecule has 106 valence electrons. The maximum absolute atomic E-state index is 11.1. The Balaban J connectivity index is 2.24. The molecule has 0 bridgehead atoms. The van der Waals surface area contributed by atoms with E-state index in [-0.39, 0.29) is 6.42 Å². The summed E-state index contributed by atoms with van der Waals surface area (Å²) in [5, 5.41) is 9.72. The van der Waals surface area contributed by atoms with E-state index in [0.717, 1.165) is 11.1 Å². The van der Waals surface area contributed by atoms with Crippen LogP contribution in [0.15, 0.2) is 42.6 Å². The highest BCUT2D eigenvalue weighted by atomic mass is 35.5. The predicted octanol–water partition coefficient (Wildman–Crippen LogP) is 3.59. The van der Waals surface area contributed by atoms with Gasteiger partial charge in [0.15, 0.2) is 0 Å². The van der Waals surface area contributed by atoms with Crippen molar-refractivity contribution < 1.29 is 9.90 Å². The van der Waals surface area contributed by atoms with Crippen LogP contribution in [0.1, 0.15) is 11.3 Å². The van der Waals surface area contributed by atoms with Gasteiger partial charge in [0.05, 0.1) is 17.8 Å². The molecule has 1 N–H and O–H groups in total. The van der Waals surface area contributed by atoms with E-state index in [4.69, 9.17) is 16.7 Å². The lowest BCUT2D eigenvalue weighted by Gasteiger charge is -2.03. The number of hydrogen-bond donors (Lipinski definition) is 1. The predicted molar refractivity (Wildman–Crippen MR) is 81.7 cm³/mol. The fourth-order valence-electron chi connectivity index (χ4n) is 2.33. The van der Waals surface area contributed by atoms with Gasteiger partial charge in [0.2, 0.25) is 0 Å². The second-order valence-electron chi connectivity index (χ2n) is 4.92. The van der Waals surface area contributed by atoms with E-state index in [9.17, 15) is 4.79 Å². The van der Waals surface area contributed by atoms with Crippen molar-refractivity contribution in [3.63, 3.8) is 0 Å². The molecule has 0 atom stereocenters. The van der Waals surface area contributed by atoms with Crippen LogP contribution in [0.2, 0.25) is 5.02 Å². The number of carboxylic acids is 1. The highest BCUT2D eigenvalue weighted by molar-refractivity contribution is 6.30. The molecule has 0 aliphatic carbocycles. The van der Waals surface area contributed by atoms with Gasteiger partial charge in [0.1, 0.15) is 5.65 Å². The van der Waals surface area contributed by atoms with E-state index in [2.05, 4.69) is 4.98 Å². The Kier molecular flexibility index (Phi) is 3.39. The molecular formula is C16H13ClN2O2. The Morgan fingerprint density at radius 2 is 2.00 bits per heavy atom. The monoisotopic (exact) mass is 300 g/mol. The van der Waals surface area contributed by atoms with E-state index in [1.807, 2.05) is 31.2 Å². The Hall–Kier alpha value is -2.33. The van der Waals surface area contributed by atoms with Crippen molar-refractivity contribution in [1.29, 1.82) is 0 Å². The van der Waals surface area contributed by atoms with E-state index in [1.54, 1.807) is 22.7 Å². The third-order valence-corrected chi connectivity index (χ3v) is 3.57. The highest BCUT2D eigenvalue weighted by Gasteiger charge is 2.16. The standard InChI is InChI=1S/C16H13ClN2O2/c1-10-2-4-11(5-3-10)16-13(9-15(20)21)19-7-6-12(17)8-14(19)18-16/h2-8H,9H2,1H3,(H,20,21). The summed E-state index contributed by atoms with van der Waals surface area (Å²) in [5.74, 6) is -0.889. The molecule has 0 radical (unpaired) electrons. The fraction of sp³-hybridized carbons (Fsp3) is 0.125. The lowest BCUT2D eigenvalue weighted by Crippen LogP contribution is -2.04. The second-order valence-corrected chi connectivity index (χ2v) is 5.35. The topological polar surface area (TPSA) is 54.6 Å². The molecule has 1 aromatic carbocycles. The van der Waals surface area contributed by atoms with Crippen molar-refractivity contribution in [2.24, 2.45) is 0 Å². The summed E-state index contributed by atoms with van der Waals surface area (Å²) < 4.78 is 1.77. The van der Waals surface area contributed by atoms with Crippen LogP contribution in [0.3, 0.4) is 0 Å². The number of aliphatic carboxylic acids is 1. The lowest BCUT2D eigenvalue weighted by molar-refractivity contribution is -0.136. The Labute approximate surface area is 126 Å². The summed E-state index contributed by atoms with van der Waals surface area (Å²) in [7, 11) is 0. The van der Waals surface area contributed by atoms with Gasteiger partial charge in [-0.25, -0.2) is 4.98 Å². The number of aromatic nitrogens is 2. The fourth-order valence-corrected chi connectivity index (χ4v) is 2.48. The van der Waals surface area contributed by atoms with Crippen LogP contribution < -0.4 is 0 Å². The van der Waals surface area contributed by atoms with Gasteiger partial charge in [-0.1, -0.05) is 41.4 Å². The van der Waals surface area contributed by atoms with E-state index >= 15 is 0 Å². The van der Waals surface area contributed by atoms with Gasteiger partial charge in [0.25, 0.3) is 0 Å². The molecule has 0 unspecified atom stereocenters. The van der Waals surface area contributed by atoms with Gasteiger partial charge in [0, 0.05) is 22.8 Å². The van der Waals surface area contributed by atoms with Gasteiger partial charge in [-0.2, -0.15) is 0 Å². The van der Waals surface area contributed by atoms with Crippen LogP contribution in [0, 0.1) is 6.92 Å². The SMILES string of the molecule is Cc1ccc(-c2nc3cc(Cl)ccn3c2CC(=O)O)cc1. The third kappa shape index (κ3) is 2.62. The molecule has 2 heterocycles. The lowest BCUT2D eigenvalue weighted by atomic mass is 10.1. The summed E-state index contributed by atoms with van der Waals surface area (Å²) in [6, 6.07) is 11.3. The highest BCUT2D eigenvalue weighted by Crippen LogP contribution is 2.26. The summed E-state index contributed by atoms with van der Waals surface area (Å²) in [6.45, 7) is 2.01. The number of hydrogen-bond acceptors (Lipinski definition) is 2. The average molecular weight is 301 g/mol. The van der Waals surface area contributed by atoms with E-state index < -0.39 is 5.97 Å². The molecule has 0 saturated heterocycles. The van der Waals surface area contributed by atoms with Gasteiger partial charge in [-0.15, -0.1) is 0 Å². The van der Waals surface area contributed by atoms with Crippen LogP contribution in [-0.4, -0.2) is 20.5 Å². The molecule has 0 aliphatic rings. The number of fused-ring (bicyclic) bond motifs is 1. The van der Waals surface area contributed by atoms with Crippen molar-refractivity contribution in [3.05, 3.63) is 58.9 Å². The first kappa shape index (κ1) is 13.6. The van der Waals surface area contributed by atoms with Crippen molar-refractivity contribution in [1.82, 2.24) is 9.38 Å². The molecular weight excluding hydrogens is 288 g/mol. The van der Waals surface area contributed by atoms with Gasteiger partial charge < -0.3 is 9.51 Å². The molecule has 0 saturated carbocycles. The number of carboxylic acid groups (broad SMARTS) is 1. The summed E-state index contributed by atoms with van der Waals surface area (Å²) >= 11 is 5.98. The number of imidazole rings is 1. The Bertz CT molecular complexity index is 822. The first-order valence-corrected chi connectivity index (χ1v) is 6.88. The number of nitrogens with zero attached hydrogens (tertiary/aromatic N) is 2. The molecule has 21 heavy (non-hydrogen) atoms. The molecule has 0 amide bonds. The van der Waals surface area contributed by atoms with Crippen LogP contribution in [-0.2, 0) is 11.2 Å². The summed E-state index contributed by atoms with van der Waals surface area (Å²) in [4.78, 5) is 15.7. The number of pyridine rings is 1. The number of benzene rings is 1. The van der Waals surface area contributed by atoms with Crippen LogP contribution in [0.25, 0.3) is 16.9 Å². The maximum atomic E-state index is 11.1. The van der Waals surface area contributed by atoms with Crippen molar-refractivity contribution in [2.45, 2.75) is 13.3 Å². The number of rotatable bonds is 3. The number of carbonyl (C=O) groups is 1. The van der Waals surface area contributed by atoms with Crippen LogP contribution >= 0.6 is 11.6 Å². The van der Waals surface area contributed by atoms with E-state index in [1.165, 1.54) is 0 Å². The quantitative estimate of drug-likeness (QED) is 0.804. The molecule has 0 spiro atoms. The van der Waals surface area contributed by atoms with Crippen molar-refractivity contribution in [3.8, 4) is 11.3 Å². The largest absolute Gasteiger partial charge is 0.481 e. The van der Waals surface area contributed by atoms with Gasteiger partial charge >= 0.3 is 5.97 Å². The molecule has 3 aromatic rings. The maximum Gasteiger partial charge on any atom is 0.309 e. The zero-order valence-electron chi connectivity index (χ0n) is 11.4. The number of halogens is 1. The molecule has 0 fully saturated rings. The third-order valence-electron chi connectivity index (χ3n) is 3.33. The second kappa shape index (κ2) is 5.22. The molecule has 4 nitrogen and oxygen atoms in total. The van der Waals surface area contributed by atoms with Crippen LogP contribution in [0.4, 0.5) is 0 Å². The van der Waals surface area contributed by atoms with E-state index in [0.29, 0.717) is 22.1 Å². The zero-order valence-corrected chi connectivity index (χ0v) is 12.1. The summed E-state index contributed by atoms with van der Waals surface area (Å²) in [6.07, 6.45) is 1.66. The molecule has 5 heteroatoms. The van der Waals surface area contributed by atoms with Gasteiger partial charge in [-0.3, -0.25) is 4.79 Å². The minimum absolute atomic E-state index is 0.0913. The molecule has 2 aromatic heterocycles. The van der Waals surface area contributed by atoms with Crippen molar-refractivity contribution in [2.75, 3.05) is 0 Å².